The molecule has 1 heterocycles. The number of pyridine rings is 1. The summed E-state index contributed by atoms with van der Waals surface area (Å²) in [5, 5.41) is 0. The molecule has 0 saturated carbocycles. The van der Waals surface area contributed by atoms with Gasteiger partial charge in [-0.25, -0.2) is 4.98 Å². The Morgan fingerprint density at radius 1 is 1.47 bits per heavy atom. The van der Waals surface area contributed by atoms with Crippen molar-refractivity contribution in [1.29, 1.82) is 0 Å². The Bertz CT molecular complexity index is 463. The molecule has 0 aliphatic heterocycles. The molecule has 1 amide bonds. The summed E-state index contributed by atoms with van der Waals surface area (Å²) in [7, 11) is 2.97. The normalized spacial score (nSPS) is 11.4. The number of anilines is 1. The van der Waals surface area contributed by atoms with Gasteiger partial charge in [0.15, 0.2) is 0 Å². The monoisotopic (exact) mass is 277 g/mol. The van der Waals surface area contributed by atoms with Gasteiger partial charge in [-0.3, -0.25) is 4.79 Å². The maximum atomic E-state index is 12.6. The zero-order valence-electron chi connectivity index (χ0n) is 10.5. The third kappa shape index (κ3) is 3.82. The number of nitrogens with zero attached hydrogens (tertiary/aromatic N) is 2. The fourth-order valence-corrected chi connectivity index (χ4v) is 1.42. The molecule has 0 saturated heterocycles. The first-order valence-electron chi connectivity index (χ1n) is 5.35. The standard InChI is InChI=1S/C11H14F3N3O2/c1-17(5-6-19-2)10-7(9(15)18)3-4-8(16-10)11(12,13)14/h3-4H,5-6H2,1-2H3,(H2,15,18). The molecule has 8 heteroatoms. The van der Waals surface area contributed by atoms with Gasteiger partial charge < -0.3 is 15.4 Å². The molecule has 0 fully saturated rings. The largest absolute Gasteiger partial charge is 0.433 e. The Balaban J connectivity index is 3.19. The predicted molar refractivity (Wildman–Crippen MR) is 62.9 cm³/mol. The summed E-state index contributed by atoms with van der Waals surface area (Å²) in [4.78, 5) is 16.1. The summed E-state index contributed by atoms with van der Waals surface area (Å²) in [6.45, 7) is 0.567. The zero-order valence-corrected chi connectivity index (χ0v) is 10.5. The van der Waals surface area contributed by atoms with Crippen molar-refractivity contribution < 1.29 is 22.7 Å². The van der Waals surface area contributed by atoms with Crippen LogP contribution in [0.25, 0.3) is 0 Å². The van der Waals surface area contributed by atoms with Crippen LogP contribution in [0.4, 0.5) is 19.0 Å². The Morgan fingerprint density at radius 3 is 2.58 bits per heavy atom. The van der Waals surface area contributed by atoms with Gasteiger partial charge in [0.25, 0.3) is 5.91 Å². The smallest absolute Gasteiger partial charge is 0.383 e. The molecular formula is C11H14F3N3O2. The van der Waals surface area contributed by atoms with Gasteiger partial charge in [0.1, 0.15) is 11.5 Å². The Morgan fingerprint density at radius 2 is 2.11 bits per heavy atom. The number of primary amides is 1. The van der Waals surface area contributed by atoms with Crippen LogP contribution in [0.3, 0.4) is 0 Å². The van der Waals surface area contributed by atoms with Crippen LogP contribution in [-0.2, 0) is 10.9 Å². The quantitative estimate of drug-likeness (QED) is 0.880. The van der Waals surface area contributed by atoms with Crippen LogP contribution in [0.5, 0.6) is 0 Å². The maximum Gasteiger partial charge on any atom is 0.433 e. The van der Waals surface area contributed by atoms with Crippen LogP contribution in [0.1, 0.15) is 16.1 Å². The van der Waals surface area contributed by atoms with E-state index in [9.17, 15) is 18.0 Å². The van der Waals surface area contributed by atoms with Crippen molar-refractivity contribution in [3.05, 3.63) is 23.4 Å². The lowest BCUT2D eigenvalue weighted by molar-refractivity contribution is -0.141. The predicted octanol–water partition coefficient (Wildman–Crippen LogP) is 1.28. The van der Waals surface area contributed by atoms with Crippen molar-refractivity contribution in [2.75, 3.05) is 32.2 Å². The second kappa shape index (κ2) is 5.87. The first-order chi connectivity index (χ1) is 8.77. The number of alkyl halides is 3. The number of hydrogen-bond donors (Lipinski definition) is 1. The van der Waals surface area contributed by atoms with Gasteiger partial charge in [-0.2, -0.15) is 13.2 Å². The number of methoxy groups -OCH3 is 1. The summed E-state index contributed by atoms with van der Waals surface area (Å²) in [6, 6.07) is 1.75. The molecule has 1 rings (SSSR count). The molecule has 1 aromatic rings. The summed E-state index contributed by atoms with van der Waals surface area (Å²) in [6.07, 6.45) is -4.58. The van der Waals surface area contributed by atoms with E-state index >= 15 is 0 Å². The lowest BCUT2D eigenvalue weighted by Crippen LogP contribution is -2.28. The summed E-state index contributed by atoms with van der Waals surface area (Å²) < 4.78 is 42.6. The van der Waals surface area contributed by atoms with Crippen LogP contribution >= 0.6 is 0 Å². The number of amides is 1. The molecule has 0 bridgehead atoms. The molecule has 5 nitrogen and oxygen atoms in total. The number of rotatable bonds is 5. The second-order valence-electron chi connectivity index (χ2n) is 3.84. The number of hydrogen-bond acceptors (Lipinski definition) is 4. The number of likely N-dealkylation sites (N-methyl/N-ethyl adjacent to an activating group) is 1. The first kappa shape index (κ1) is 15.2. The van der Waals surface area contributed by atoms with Gasteiger partial charge in [0.2, 0.25) is 0 Å². The van der Waals surface area contributed by atoms with E-state index in [-0.39, 0.29) is 24.5 Å². The molecule has 0 aliphatic carbocycles. The minimum atomic E-state index is -4.58. The third-order valence-electron chi connectivity index (χ3n) is 2.42. The Labute approximate surface area is 108 Å². The number of carbonyl (C=O) groups excluding carboxylic acids is 1. The maximum absolute atomic E-state index is 12.6. The minimum Gasteiger partial charge on any atom is -0.383 e. The number of carbonyl (C=O) groups is 1. The molecule has 1 aromatic heterocycles. The average Bonchev–Trinajstić information content (AvgIpc) is 2.33. The molecule has 106 valence electrons. The van der Waals surface area contributed by atoms with Crippen LogP contribution in [0, 0.1) is 0 Å². The SMILES string of the molecule is COCCN(C)c1nc(C(F)(F)F)ccc1C(N)=O. The number of halogens is 3. The van der Waals surface area contributed by atoms with Gasteiger partial charge >= 0.3 is 6.18 Å². The summed E-state index contributed by atoms with van der Waals surface area (Å²) in [5.41, 5.74) is 3.99. The topological polar surface area (TPSA) is 68.4 Å². The third-order valence-corrected chi connectivity index (χ3v) is 2.42. The van der Waals surface area contributed by atoms with E-state index < -0.39 is 17.8 Å². The average molecular weight is 277 g/mol. The van der Waals surface area contributed by atoms with E-state index in [2.05, 4.69) is 4.98 Å². The van der Waals surface area contributed by atoms with E-state index in [4.69, 9.17) is 10.5 Å². The number of nitrogens with two attached hydrogens (primary N) is 1. The Hall–Kier alpha value is -1.83. The zero-order chi connectivity index (χ0) is 14.6. The summed E-state index contributed by atoms with van der Waals surface area (Å²) in [5.74, 6) is -0.945. The minimum absolute atomic E-state index is 0.0633. The molecule has 19 heavy (non-hydrogen) atoms. The summed E-state index contributed by atoms with van der Waals surface area (Å²) >= 11 is 0. The van der Waals surface area contributed by atoms with E-state index in [1.54, 1.807) is 0 Å². The molecular weight excluding hydrogens is 263 g/mol. The van der Waals surface area contributed by atoms with Crippen molar-refractivity contribution in [2.45, 2.75) is 6.18 Å². The van der Waals surface area contributed by atoms with Gasteiger partial charge in [0, 0.05) is 20.7 Å². The second-order valence-corrected chi connectivity index (χ2v) is 3.84. The molecule has 0 radical (unpaired) electrons. The highest BCUT2D eigenvalue weighted by Gasteiger charge is 2.33. The molecule has 0 atom stereocenters. The molecule has 0 spiro atoms. The van der Waals surface area contributed by atoms with Crippen LogP contribution in [0.15, 0.2) is 12.1 Å². The lowest BCUT2D eigenvalue weighted by atomic mass is 10.2. The fraction of sp³-hybridized carbons (Fsp3) is 0.455. The van der Waals surface area contributed by atoms with Gasteiger partial charge in [-0.05, 0) is 12.1 Å². The van der Waals surface area contributed by atoms with Crippen molar-refractivity contribution >= 4 is 11.7 Å². The lowest BCUT2D eigenvalue weighted by Gasteiger charge is -2.21. The van der Waals surface area contributed by atoms with Gasteiger partial charge in [-0.15, -0.1) is 0 Å². The van der Waals surface area contributed by atoms with Crippen molar-refractivity contribution in [1.82, 2.24) is 4.98 Å². The number of ether oxygens (including phenoxy) is 1. The first-order valence-corrected chi connectivity index (χ1v) is 5.35. The highest BCUT2D eigenvalue weighted by molar-refractivity contribution is 5.97. The van der Waals surface area contributed by atoms with Crippen LogP contribution < -0.4 is 10.6 Å². The Kier molecular flexibility index (Phi) is 4.71. The van der Waals surface area contributed by atoms with Gasteiger partial charge in [-0.1, -0.05) is 0 Å². The molecule has 2 N–H and O–H groups in total. The molecule has 0 unspecified atom stereocenters. The molecule has 0 aromatic carbocycles. The van der Waals surface area contributed by atoms with E-state index in [0.717, 1.165) is 12.1 Å². The van der Waals surface area contributed by atoms with Crippen molar-refractivity contribution in [3.63, 3.8) is 0 Å². The number of aromatic nitrogens is 1. The van der Waals surface area contributed by atoms with Gasteiger partial charge in [0.05, 0.1) is 12.2 Å². The molecule has 0 aliphatic rings. The highest BCUT2D eigenvalue weighted by atomic mass is 19.4. The van der Waals surface area contributed by atoms with E-state index in [1.807, 2.05) is 0 Å². The van der Waals surface area contributed by atoms with E-state index in [0.29, 0.717) is 0 Å². The van der Waals surface area contributed by atoms with Crippen LogP contribution in [-0.4, -0.2) is 38.2 Å². The van der Waals surface area contributed by atoms with E-state index in [1.165, 1.54) is 19.1 Å². The fourth-order valence-electron chi connectivity index (χ4n) is 1.42. The van der Waals surface area contributed by atoms with Crippen LogP contribution in [0.2, 0.25) is 0 Å². The van der Waals surface area contributed by atoms with Crippen molar-refractivity contribution in [3.8, 4) is 0 Å². The van der Waals surface area contributed by atoms with Crippen molar-refractivity contribution in [2.24, 2.45) is 5.73 Å². The highest BCUT2D eigenvalue weighted by Crippen LogP contribution is 2.30.